The average Bonchev–Trinajstić information content (AvgIpc) is 2.76. The minimum absolute atomic E-state index is 0.820. The summed E-state index contributed by atoms with van der Waals surface area (Å²) in [7, 11) is 0. The molecule has 0 unspecified atom stereocenters. The normalized spacial score (nSPS) is 11.0. The number of hydrogen-bond acceptors (Lipinski definition) is 3. The second-order valence-electron chi connectivity index (χ2n) is 8.78. The van der Waals surface area contributed by atoms with Crippen molar-refractivity contribution in [3.8, 4) is 0 Å². The SMILES string of the molecule is CCCCCCCCCCc1cc(NN=O)ccc1CCCCCCCCCCN. The summed E-state index contributed by atoms with van der Waals surface area (Å²) in [4.78, 5) is 10.6. The van der Waals surface area contributed by atoms with Crippen LogP contribution < -0.4 is 11.2 Å². The number of hydrogen-bond donors (Lipinski definition) is 2. The maximum atomic E-state index is 10.6. The fourth-order valence-electron chi connectivity index (χ4n) is 4.19. The molecule has 30 heavy (non-hydrogen) atoms. The van der Waals surface area contributed by atoms with Crippen molar-refractivity contribution in [2.75, 3.05) is 12.0 Å². The van der Waals surface area contributed by atoms with Crippen LogP contribution in [0.4, 0.5) is 5.69 Å². The van der Waals surface area contributed by atoms with Crippen LogP contribution in [-0.2, 0) is 12.8 Å². The summed E-state index contributed by atoms with van der Waals surface area (Å²) in [6, 6.07) is 6.32. The molecule has 3 N–H and O–H groups in total. The third-order valence-corrected chi connectivity index (χ3v) is 6.08. The van der Waals surface area contributed by atoms with Crippen LogP contribution >= 0.6 is 0 Å². The maximum Gasteiger partial charge on any atom is 0.0597 e. The average molecular weight is 418 g/mol. The van der Waals surface area contributed by atoms with E-state index in [-0.39, 0.29) is 0 Å². The second kappa shape index (κ2) is 19.5. The molecule has 0 amide bonds. The van der Waals surface area contributed by atoms with Crippen LogP contribution in [0.15, 0.2) is 23.5 Å². The lowest BCUT2D eigenvalue weighted by Gasteiger charge is -2.12. The molecule has 0 atom stereocenters. The van der Waals surface area contributed by atoms with Crippen molar-refractivity contribution in [3.63, 3.8) is 0 Å². The van der Waals surface area contributed by atoms with E-state index < -0.39 is 0 Å². The maximum absolute atomic E-state index is 10.6. The second-order valence-corrected chi connectivity index (χ2v) is 8.78. The minimum Gasteiger partial charge on any atom is -0.330 e. The molecule has 1 aromatic carbocycles. The van der Waals surface area contributed by atoms with Crippen LogP contribution in [0.5, 0.6) is 0 Å². The third kappa shape index (κ3) is 13.7. The summed E-state index contributed by atoms with van der Waals surface area (Å²) < 4.78 is 0. The number of aryl methyl sites for hydroxylation is 2. The number of nitrogens with two attached hydrogens (primary N) is 1. The Hall–Kier alpha value is -1.42. The van der Waals surface area contributed by atoms with Gasteiger partial charge >= 0.3 is 0 Å². The quantitative estimate of drug-likeness (QED) is 0.121. The van der Waals surface area contributed by atoms with Gasteiger partial charge in [0.25, 0.3) is 0 Å². The van der Waals surface area contributed by atoms with Gasteiger partial charge in [0.05, 0.1) is 11.0 Å². The Bertz CT molecular complexity index is 533. The van der Waals surface area contributed by atoms with Crippen LogP contribution in [0.2, 0.25) is 0 Å². The van der Waals surface area contributed by atoms with Crippen LogP contribution in [0.3, 0.4) is 0 Å². The van der Waals surface area contributed by atoms with Crippen LogP contribution in [0, 0.1) is 4.91 Å². The first-order valence-electron chi connectivity index (χ1n) is 12.7. The number of benzene rings is 1. The topological polar surface area (TPSA) is 67.5 Å². The summed E-state index contributed by atoms with van der Waals surface area (Å²) in [5.41, 5.74) is 11.8. The van der Waals surface area contributed by atoms with E-state index in [4.69, 9.17) is 5.73 Å². The first-order valence-corrected chi connectivity index (χ1v) is 12.7. The van der Waals surface area contributed by atoms with Gasteiger partial charge in [0, 0.05) is 0 Å². The largest absolute Gasteiger partial charge is 0.330 e. The molecule has 0 spiro atoms. The van der Waals surface area contributed by atoms with E-state index in [2.05, 4.69) is 29.8 Å². The number of nitroso groups, excluding NO2 is 1. The lowest BCUT2D eigenvalue weighted by atomic mass is 9.95. The van der Waals surface area contributed by atoms with Crippen molar-refractivity contribution in [1.29, 1.82) is 0 Å². The number of anilines is 1. The van der Waals surface area contributed by atoms with Gasteiger partial charge in [-0.3, -0.25) is 0 Å². The Balaban J connectivity index is 2.30. The number of rotatable bonds is 21. The Labute approximate surface area is 185 Å². The van der Waals surface area contributed by atoms with Crippen LogP contribution in [0.1, 0.15) is 121 Å². The smallest absolute Gasteiger partial charge is 0.0597 e. The van der Waals surface area contributed by atoms with E-state index in [1.54, 1.807) is 0 Å². The Morgan fingerprint density at radius 1 is 0.700 bits per heavy atom. The molecule has 0 saturated heterocycles. The molecule has 0 aliphatic rings. The predicted octanol–water partition coefficient (Wildman–Crippen LogP) is 8.09. The Morgan fingerprint density at radius 2 is 1.20 bits per heavy atom. The summed E-state index contributed by atoms with van der Waals surface area (Å²) in [6.45, 7) is 3.10. The molecule has 0 radical (unpaired) electrons. The monoisotopic (exact) mass is 417 g/mol. The van der Waals surface area contributed by atoms with Crippen molar-refractivity contribution >= 4 is 5.69 Å². The van der Waals surface area contributed by atoms with Gasteiger partial charge in [-0.25, -0.2) is 5.43 Å². The summed E-state index contributed by atoms with van der Waals surface area (Å²) in [5.74, 6) is 0. The molecule has 4 nitrogen and oxygen atoms in total. The zero-order valence-electron chi connectivity index (χ0n) is 19.6. The van der Waals surface area contributed by atoms with Gasteiger partial charge < -0.3 is 5.73 Å². The van der Waals surface area contributed by atoms with Gasteiger partial charge in [0.2, 0.25) is 0 Å². The molecular weight excluding hydrogens is 370 g/mol. The molecule has 4 heteroatoms. The van der Waals surface area contributed by atoms with E-state index in [0.29, 0.717) is 0 Å². The molecule has 0 aliphatic heterocycles. The summed E-state index contributed by atoms with van der Waals surface area (Å²) >= 11 is 0. The lowest BCUT2D eigenvalue weighted by Crippen LogP contribution is -1.98. The van der Waals surface area contributed by atoms with Crippen molar-refractivity contribution < 1.29 is 0 Å². The first-order chi connectivity index (χ1) is 14.8. The molecule has 0 saturated carbocycles. The highest BCUT2D eigenvalue weighted by Gasteiger charge is 2.05. The summed E-state index contributed by atoms with van der Waals surface area (Å²) in [6.07, 6.45) is 23.4. The molecule has 0 aliphatic carbocycles. The molecule has 0 heterocycles. The van der Waals surface area contributed by atoms with E-state index in [0.717, 1.165) is 25.1 Å². The highest BCUT2D eigenvalue weighted by molar-refractivity contribution is 5.48. The molecule has 0 fully saturated rings. The molecule has 172 valence electrons. The molecule has 0 aromatic heterocycles. The lowest BCUT2D eigenvalue weighted by molar-refractivity contribution is 0.567. The van der Waals surface area contributed by atoms with Crippen molar-refractivity contribution in [2.45, 2.75) is 122 Å². The zero-order valence-corrected chi connectivity index (χ0v) is 19.6. The van der Waals surface area contributed by atoms with E-state index in [9.17, 15) is 4.91 Å². The standard InChI is InChI=1S/C26H47N3O/c1-2-3-4-5-6-9-13-16-19-25-23-26(28-29-30)21-20-24(25)18-15-12-10-7-8-11-14-17-22-27/h20-21,23H,2-19,22,27H2,1H3,(H,28,30). The number of nitrogens with zero attached hydrogens (tertiary/aromatic N) is 1. The van der Waals surface area contributed by atoms with E-state index >= 15 is 0 Å². The molecule has 0 bridgehead atoms. The Kier molecular flexibility index (Phi) is 17.3. The van der Waals surface area contributed by atoms with E-state index in [1.165, 1.54) is 114 Å². The van der Waals surface area contributed by atoms with E-state index in [1.807, 2.05) is 6.07 Å². The van der Waals surface area contributed by atoms with Crippen LogP contribution in [-0.4, -0.2) is 6.54 Å². The number of nitrogens with one attached hydrogen (secondary N) is 1. The molecule has 1 rings (SSSR count). The van der Waals surface area contributed by atoms with Crippen molar-refractivity contribution in [3.05, 3.63) is 34.2 Å². The molecule has 1 aromatic rings. The van der Waals surface area contributed by atoms with Gasteiger partial charge in [-0.1, -0.05) is 96.5 Å². The summed E-state index contributed by atoms with van der Waals surface area (Å²) in [5, 5.41) is 2.84. The van der Waals surface area contributed by atoms with Crippen LogP contribution in [0.25, 0.3) is 0 Å². The highest BCUT2D eigenvalue weighted by atomic mass is 16.3. The van der Waals surface area contributed by atoms with Crippen molar-refractivity contribution in [2.24, 2.45) is 11.0 Å². The third-order valence-electron chi connectivity index (χ3n) is 6.08. The molecular formula is C26H47N3O. The first kappa shape index (κ1) is 26.6. The Morgan fingerprint density at radius 3 is 1.73 bits per heavy atom. The minimum atomic E-state index is 0.820. The van der Waals surface area contributed by atoms with Crippen molar-refractivity contribution in [1.82, 2.24) is 0 Å². The number of unbranched alkanes of at least 4 members (excludes halogenated alkanes) is 14. The van der Waals surface area contributed by atoms with Gasteiger partial charge in [-0.2, -0.15) is 0 Å². The van der Waals surface area contributed by atoms with Gasteiger partial charge in [0.15, 0.2) is 0 Å². The fraction of sp³-hybridized carbons (Fsp3) is 0.769. The van der Waals surface area contributed by atoms with Gasteiger partial charge in [0.1, 0.15) is 0 Å². The van der Waals surface area contributed by atoms with Gasteiger partial charge in [-0.05, 0) is 61.9 Å². The predicted molar refractivity (Wildman–Crippen MR) is 132 cm³/mol. The van der Waals surface area contributed by atoms with Gasteiger partial charge in [-0.15, -0.1) is 4.91 Å². The zero-order chi connectivity index (χ0) is 21.7. The highest BCUT2D eigenvalue weighted by Crippen LogP contribution is 2.22. The fourth-order valence-corrected chi connectivity index (χ4v) is 4.19.